The van der Waals surface area contributed by atoms with Crippen LogP contribution in [-0.2, 0) is 4.79 Å². The van der Waals surface area contributed by atoms with Crippen LogP contribution in [0.4, 0.5) is 0 Å². The molecule has 0 aromatic heterocycles. The third-order valence-electron chi connectivity index (χ3n) is 3.26. The van der Waals surface area contributed by atoms with Crippen molar-refractivity contribution in [2.75, 3.05) is 6.54 Å². The Kier molecular flexibility index (Phi) is 5.88. The van der Waals surface area contributed by atoms with Gasteiger partial charge in [-0.1, -0.05) is 27.7 Å². The molecule has 90 valence electrons. The van der Waals surface area contributed by atoms with E-state index in [-0.39, 0.29) is 17.9 Å². The first-order valence-corrected chi connectivity index (χ1v) is 5.71. The van der Waals surface area contributed by atoms with Gasteiger partial charge in [-0.15, -0.1) is 0 Å². The molecular weight excluding hydrogens is 190 g/mol. The highest BCUT2D eigenvalue weighted by Gasteiger charge is 2.22. The highest BCUT2D eigenvalue weighted by molar-refractivity contribution is 5.66. The number of hydrogen-bond acceptors (Lipinski definition) is 2. The van der Waals surface area contributed by atoms with E-state index < -0.39 is 5.97 Å². The Balaban J connectivity index is 3.79. The summed E-state index contributed by atoms with van der Waals surface area (Å²) in [6.07, 6.45) is 0.944. The summed E-state index contributed by atoms with van der Waals surface area (Å²) in [5.74, 6) is -0.0940. The lowest BCUT2D eigenvalue weighted by Gasteiger charge is -2.31. The maximum absolute atomic E-state index is 10.4. The number of hydrogen-bond donors (Lipinski definition) is 2. The van der Waals surface area contributed by atoms with Crippen molar-refractivity contribution >= 4 is 5.97 Å². The maximum Gasteiger partial charge on any atom is 0.303 e. The first-order valence-electron chi connectivity index (χ1n) is 5.71. The molecule has 0 spiro atoms. The number of aliphatic carboxylic acids is 1. The minimum Gasteiger partial charge on any atom is -0.481 e. The van der Waals surface area contributed by atoms with E-state index in [9.17, 15) is 4.79 Å². The van der Waals surface area contributed by atoms with E-state index in [4.69, 9.17) is 5.11 Å². The summed E-state index contributed by atoms with van der Waals surface area (Å²) >= 11 is 0. The molecule has 1 atom stereocenters. The molecule has 3 nitrogen and oxygen atoms in total. The van der Waals surface area contributed by atoms with Crippen molar-refractivity contribution in [2.45, 2.75) is 53.5 Å². The molecule has 15 heavy (non-hydrogen) atoms. The van der Waals surface area contributed by atoms with Gasteiger partial charge in [0.2, 0.25) is 0 Å². The Hall–Kier alpha value is -0.570. The minimum absolute atomic E-state index is 0.246. The van der Waals surface area contributed by atoms with E-state index >= 15 is 0 Å². The monoisotopic (exact) mass is 215 g/mol. The largest absolute Gasteiger partial charge is 0.481 e. The highest BCUT2D eigenvalue weighted by Crippen LogP contribution is 2.24. The van der Waals surface area contributed by atoms with Gasteiger partial charge in [0.25, 0.3) is 0 Å². The van der Waals surface area contributed by atoms with Gasteiger partial charge in [-0.05, 0) is 24.7 Å². The number of carboxylic acids is 1. The molecule has 0 heterocycles. The average molecular weight is 215 g/mol. The van der Waals surface area contributed by atoms with Crippen LogP contribution in [0.15, 0.2) is 0 Å². The van der Waals surface area contributed by atoms with Crippen LogP contribution in [0.1, 0.15) is 47.5 Å². The minimum atomic E-state index is -0.716. The van der Waals surface area contributed by atoms with Crippen LogP contribution < -0.4 is 5.32 Å². The number of nitrogens with one attached hydrogen (secondary N) is 1. The van der Waals surface area contributed by atoms with E-state index in [0.717, 1.165) is 6.54 Å². The first-order chi connectivity index (χ1) is 6.75. The van der Waals surface area contributed by atoms with Crippen molar-refractivity contribution in [2.24, 2.45) is 11.3 Å². The second-order valence-corrected chi connectivity index (χ2v) is 5.36. The molecule has 0 fully saturated rings. The van der Waals surface area contributed by atoms with Crippen LogP contribution in [0.25, 0.3) is 0 Å². The van der Waals surface area contributed by atoms with Crippen molar-refractivity contribution in [3.05, 3.63) is 0 Å². The van der Waals surface area contributed by atoms with Gasteiger partial charge in [-0.25, -0.2) is 0 Å². The van der Waals surface area contributed by atoms with Gasteiger partial charge in [-0.3, -0.25) is 4.79 Å². The molecule has 3 heteroatoms. The third-order valence-corrected chi connectivity index (χ3v) is 3.26. The topological polar surface area (TPSA) is 49.3 Å². The molecule has 2 N–H and O–H groups in total. The third kappa shape index (κ3) is 6.50. The van der Waals surface area contributed by atoms with E-state index in [1.165, 1.54) is 0 Å². The normalized spacial score (nSPS) is 14.3. The molecule has 0 aliphatic rings. The number of rotatable bonds is 7. The Morgan fingerprint density at radius 3 is 2.27 bits per heavy atom. The molecule has 0 saturated carbocycles. The van der Waals surface area contributed by atoms with E-state index in [0.29, 0.717) is 12.3 Å². The molecule has 0 bridgehead atoms. The maximum atomic E-state index is 10.4. The Labute approximate surface area is 93.3 Å². The molecule has 0 aromatic carbocycles. The quantitative estimate of drug-likeness (QED) is 0.686. The van der Waals surface area contributed by atoms with Crippen molar-refractivity contribution in [3.8, 4) is 0 Å². The Morgan fingerprint density at radius 1 is 1.33 bits per heavy atom. The molecule has 0 saturated heterocycles. The summed E-state index contributed by atoms with van der Waals surface area (Å²) in [5, 5.41) is 11.9. The summed E-state index contributed by atoms with van der Waals surface area (Å²) < 4.78 is 0. The van der Waals surface area contributed by atoms with Crippen molar-refractivity contribution < 1.29 is 9.90 Å². The van der Waals surface area contributed by atoms with Crippen LogP contribution in [-0.4, -0.2) is 23.7 Å². The van der Waals surface area contributed by atoms with Crippen molar-refractivity contribution in [3.63, 3.8) is 0 Å². The number of carbonyl (C=O) groups is 1. The SMILES string of the molecule is CC(CCC(=O)O)NCC(C)(C)C(C)C. The molecule has 0 aliphatic heterocycles. The fraction of sp³-hybridized carbons (Fsp3) is 0.917. The lowest BCUT2D eigenvalue weighted by Crippen LogP contribution is -2.38. The predicted molar refractivity (Wildman–Crippen MR) is 63.0 cm³/mol. The second-order valence-electron chi connectivity index (χ2n) is 5.36. The zero-order valence-corrected chi connectivity index (χ0v) is 10.6. The van der Waals surface area contributed by atoms with Crippen LogP contribution in [0.5, 0.6) is 0 Å². The van der Waals surface area contributed by atoms with Crippen LogP contribution >= 0.6 is 0 Å². The standard InChI is InChI=1S/C12H25NO2/c1-9(2)12(4,5)8-13-10(3)6-7-11(14)15/h9-10,13H,6-8H2,1-5H3,(H,14,15). The summed E-state index contributed by atoms with van der Waals surface area (Å²) in [6, 6.07) is 0.277. The molecule has 0 radical (unpaired) electrons. The zero-order chi connectivity index (χ0) is 12.1. The zero-order valence-electron chi connectivity index (χ0n) is 10.6. The first kappa shape index (κ1) is 14.4. The fourth-order valence-electron chi connectivity index (χ4n) is 1.08. The van der Waals surface area contributed by atoms with E-state index in [1.807, 2.05) is 6.92 Å². The molecule has 0 rings (SSSR count). The van der Waals surface area contributed by atoms with Crippen LogP contribution in [0.2, 0.25) is 0 Å². The second kappa shape index (κ2) is 6.11. The van der Waals surface area contributed by atoms with Gasteiger partial charge in [-0.2, -0.15) is 0 Å². The summed E-state index contributed by atoms with van der Waals surface area (Å²) in [5.41, 5.74) is 0.261. The molecule has 0 aliphatic carbocycles. The summed E-state index contributed by atoms with van der Waals surface area (Å²) in [7, 11) is 0. The van der Waals surface area contributed by atoms with E-state index in [1.54, 1.807) is 0 Å². The number of carboxylic acid groups (broad SMARTS) is 1. The van der Waals surface area contributed by atoms with Gasteiger partial charge in [0.05, 0.1) is 0 Å². The van der Waals surface area contributed by atoms with Gasteiger partial charge in [0.1, 0.15) is 0 Å². The van der Waals surface area contributed by atoms with Gasteiger partial charge < -0.3 is 10.4 Å². The lowest BCUT2D eigenvalue weighted by atomic mass is 9.81. The average Bonchev–Trinajstić information content (AvgIpc) is 2.11. The van der Waals surface area contributed by atoms with Crippen molar-refractivity contribution in [1.29, 1.82) is 0 Å². The van der Waals surface area contributed by atoms with Crippen LogP contribution in [0, 0.1) is 11.3 Å². The summed E-state index contributed by atoms with van der Waals surface area (Å²) in [6.45, 7) is 11.9. The van der Waals surface area contributed by atoms with Crippen LogP contribution in [0.3, 0.4) is 0 Å². The highest BCUT2D eigenvalue weighted by atomic mass is 16.4. The fourth-order valence-corrected chi connectivity index (χ4v) is 1.08. The molecular formula is C12H25NO2. The van der Waals surface area contributed by atoms with Crippen molar-refractivity contribution in [1.82, 2.24) is 5.32 Å². The summed E-state index contributed by atoms with van der Waals surface area (Å²) in [4.78, 5) is 10.4. The Bertz CT molecular complexity index is 200. The Morgan fingerprint density at radius 2 is 1.87 bits per heavy atom. The predicted octanol–water partition coefficient (Wildman–Crippen LogP) is 2.51. The molecule has 0 amide bonds. The smallest absolute Gasteiger partial charge is 0.303 e. The lowest BCUT2D eigenvalue weighted by molar-refractivity contribution is -0.137. The molecule has 0 aromatic rings. The van der Waals surface area contributed by atoms with Gasteiger partial charge in [0.15, 0.2) is 0 Å². The van der Waals surface area contributed by atoms with E-state index in [2.05, 4.69) is 33.0 Å². The molecule has 1 unspecified atom stereocenters. The van der Waals surface area contributed by atoms with Gasteiger partial charge >= 0.3 is 5.97 Å². The van der Waals surface area contributed by atoms with Gasteiger partial charge in [0, 0.05) is 19.0 Å².